The van der Waals surface area contributed by atoms with Gasteiger partial charge in [0.25, 0.3) is 0 Å². The zero-order valence-electron chi connectivity index (χ0n) is 17.7. The molecule has 168 valence electrons. The Balaban J connectivity index is 1.67. The van der Waals surface area contributed by atoms with E-state index in [4.69, 9.17) is 11.5 Å². The third-order valence-corrected chi connectivity index (χ3v) is 5.90. The molecule has 0 saturated heterocycles. The molecule has 2 amide bonds. The maximum absolute atomic E-state index is 13.0. The van der Waals surface area contributed by atoms with E-state index in [1.807, 2.05) is 42.5 Å². The quantitative estimate of drug-likeness (QED) is 0.352. The Morgan fingerprint density at radius 2 is 1.84 bits per heavy atom. The van der Waals surface area contributed by atoms with Gasteiger partial charge in [0.2, 0.25) is 11.8 Å². The number of aromatic nitrogens is 2. The normalized spacial score (nSPS) is 12.7. The van der Waals surface area contributed by atoms with E-state index in [-0.39, 0.29) is 11.8 Å². The van der Waals surface area contributed by atoms with E-state index in [0.29, 0.717) is 37.4 Å². The molecule has 1 aromatic carbocycles. The van der Waals surface area contributed by atoms with Gasteiger partial charge in [0.05, 0.1) is 10.9 Å². The molecule has 8 nitrogen and oxygen atoms in total. The summed E-state index contributed by atoms with van der Waals surface area (Å²) >= 11 is 1.35. The summed E-state index contributed by atoms with van der Waals surface area (Å²) < 4.78 is 0. The van der Waals surface area contributed by atoms with Crippen LogP contribution in [-0.2, 0) is 16.0 Å². The largest absolute Gasteiger partial charge is 0.343 e. The molecule has 9 heteroatoms. The van der Waals surface area contributed by atoms with Gasteiger partial charge in [-0.25, -0.2) is 4.98 Å². The molecule has 0 aliphatic heterocycles. The maximum atomic E-state index is 13.0. The molecule has 0 aliphatic carbocycles. The lowest BCUT2D eigenvalue weighted by Gasteiger charge is -2.20. The Kier molecular flexibility index (Phi) is 8.85. The number of thiazole rings is 1. The zero-order chi connectivity index (χ0) is 22.8. The van der Waals surface area contributed by atoms with E-state index in [1.165, 1.54) is 11.3 Å². The minimum Gasteiger partial charge on any atom is -0.343 e. The number of hydrogen-bond acceptors (Lipinski definition) is 7. The second-order valence-corrected chi connectivity index (χ2v) is 8.41. The molecule has 2 atom stereocenters. The minimum atomic E-state index is -0.739. The van der Waals surface area contributed by atoms with Crippen LogP contribution in [0.1, 0.15) is 24.8 Å². The highest BCUT2D eigenvalue weighted by Crippen LogP contribution is 2.28. The number of nitrogens with two attached hydrogens (primary N) is 2. The number of aryl methyl sites for hydroxylation is 1. The Hall–Kier alpha value is -3.14. The first-order valence-corrected chi connectivity index (χ1v) is 11.4. The van der Waals surface area contributed by atoms with Crippen LogP contribution in [0.15, 0.2) is 61.1 Å². The van der Waals surface area contributed by atoms with E-state index in [0.717, 1.165) is 16.0 Å². The summed E-state index contributed by atoms with van der Waals surface area (Å²) in [5, 5.41) is 6.09. The summed E-state index contributed by atoms with van der Waals surface area (Å²) in [6.45, 7) is 0.461. The van der Waals surface area contributed by atoms with Crippen molar-refractivity contribution in [3.05, 3.63) is 66.6 Å². The molecular formula is C23H28N6O2S. The number of carbonyl (C=O) groups is 2. The van der Waals surface area contributed by atoms with Crippen molar-refractivity contribution in [2.75, 3.05) is 11.9 Å². The molecule has 0 aliphatic rings. The van der Waals surface area contributed by atoms with Gasteiger partial charge in [-0.2, -0.15) is 0 Å². The molecule has 0 bridgehead atoms. The van der Waals surface area contributed by atoms with Gasteiger partial charge in [-0.05, 0) is 43.9 Å². The molecule has 6 N–H and O–H groups in total. The maximum Gasteiger partial charge on any atom is 0.248 e. The molecule has 2 heterocycles. The van der Waals surface area contributed by atoms with Crippen molar-refractivity contribution < 1.29 is 9.59 Å². The molecule has 3 aromatic rings. The van der Waals surface area contributed by atoms with Crippen molar-refractivity contribution in [3.8, 4) is 10.4 Å². The number of nitrogens with one attached hydrogen (secondary N) is 2. The van der Waals surface area contributed by atoms with Gasteiger partial charge in [-0.15, -0.1) is 0 Å². The van der Waals surface area contributed by atoms with E-state index in [9.17, 15) is 9.59 Å². The average molecular weight is 453 g/mol. The topological polar surface area (TPSA) is 136 Å². The Morgan fingerprint density at radius 1 is 1.03 bits per heavy atom. The second-order valence-electron chi connectivity index (χ2n) is 7.38. The monoisotopic (exact) mass is 452 g/mol. The molecule has 3 rings (SSSR count). The van der Waals surface area contributed by atoms with Crippen molar-refractivity contribution in [2.24, 2.45) is 11.5 Å². The lowest BCUT2D eigenvalue weighted by molar-refractivity contribution is -0.127. The number of carbonyl (C=O) groups excluding carboxylic acids is 2. The molecule has 0 radical (unpaired) electrons. The Morgan fingerprint density at radius 3 is 2.56 bits per heavy atom. The Labute approximate surface area is 191 Å². The Bertz CT molecular complexity index is 996. The van der Waals surface area contributed by atoms with E-state index in [1.54, 1.807) is 18.6 Å². The standard InChI is InChI=1S/C23H28N6O2S/c24-12-4-9-18(25)21(30)28-19(11-10-16-6-2-1-3-7-16)22(31)29-23-27-15-20(32-23)17-8-5-13-26-14-17/h1-3,5-8,13-15,18-19H,4,9-12,24-25H2,(H,28,30)(H,27,29,31)/t18?,19-/m1/s1. The summed E-state index contributed by atoms with van der Waals surface area (Å²) in [7, 11) is 0. The first-order chi connectivity index (χ1) is 15.6. The minimum absolute atomic E-state index is 0.326. The van der Waals surface area contributed by atoms with Crippen molar-refractivity contribution in [1.29, 1.82) is 0 Å². The molecule has 32 heavy (non-hydrogen) atoms. The highest BCUT2D eigenvalue weighted by atomic mass is 32.1. The molecule has 0 saturated carbocycles. The molecule has 2 aromatic heterocycles. The van der Waals surface area contributed by atoms with Gasteiger partial charge in [0.15, 0.2) is 5.13 Å². The van der Waals surface area contributed by atoms with Gasteiger partial charge < -0.3 is 22.1 Å². The summed E-state index contributed by atoms with van der Waals surface area (Å²) in [5.41, 5.74) is 13.5. The van der Waals surface area contributed by atoms with Gasteiger partial charge >= 0.3 is 0 Å². The molecule has 0 fully saturated rings. The van der Waals surface area contributed by atoms with Crippen LogP contribution >= 0.6 is 11.3 Å². The van der Waals surface area contributed by atoms with Crippen LogP contribution in [0.5, 0.6) is 0 Å². The first kappa shape index (κ1) is 23.5. The van der Waals surface area contributed by atoms with Crippen molar-refractivity contribution in [2.45, 2.75) is 37.8 Å². The van der Waals surface area contributed by atoms with Gasteiger partial charge in [0, 0.05) is 24.2 Å². The van der Waals surface area contributed by atoms with E-state index < -0.39 is 12.1 Å². The van der Waals surface area contributed by atoms with Crippen molar-refractivity contribution in [3.63, 3.8) is 0 Å². The number of benzene rings is 1. The van der Waals surface area contributed by atoms with Crippen LogP contribution in [0.25, 0.3) is 10.4 Å². The number of nitrogens with zero attached hydrogens (tertiary/aromatic N) is 2. The van der Waals surface area contributed by atoms with Crippen LogP contribution < -0.4 is 22.1 Å². The predicted octanol–water partition coefficient (Wildman–Crippen LogP) is 2.33. The third-order valence-electron chi connectivity index (χ3n) is 4.94. The highest BCUT2D eigenvalue weighted by molar-refractivity contribution is 7.19. The van der Waals surface area contributed by atoms with Crippen LogP contribution in [0.2, 0.25) is 0 Å². The van der Waals surface area contributed by atoms with E-state index in [2.05, 4.69) is 20.6 Å². The summed E-state index contributed by atoms with van der Waals surface area (Å²) in [5.74, 6) is -0.686. The SMILES string of the molecule is NCCCC(N)C(=O)N[C@H](CCc1ccccc1)C(=O)Nc1ncc(-c2cccnc2)s1. The predicted molar refractivity (Wildman–Crippen MR) is 127 cm³/mol. The lowest BCUT2D eigenvalue weighted by atomic mass is 10.0. The fourth-order valence-corrected chi connectivity index (χ4v) is 3.95. The summed E-state index contributed by atoms with van der Waals surface area (Å²) in [6.07, 6.45) is 7.32. The van der Waals surface area contributed by atoms with Gasteiger partial charge in [-0.1, -0.05) is 47.7 Å². The lowest BCUT2D eigenvalue weighted by Crippen LogP contribution is -2.50. The average Bonchev–Trinajstić information content (AvgIpc) is 3.29. The highest BCUT2D eigenvalue weighted by Gasteiger charge is 2.24. The number of hydrogen-bond donors (Lipinski definition) is 4. The number of rotatable bonds is 11. The van der Waals surface area contributed by atoms with Crippen LogP contribution in [0.4, 0.5) is 5.13 Å². The van der Waals surface area contributed by atoms with Crippen LogP contribution in [-0.4, -0.2) is 40.4 Å². The van der Waals surface area contributed by atoms with Crippen LogP contribution in [0, 0.1) is 0 Å². The summed E-state index contributed by atoms with van der Waals surface area (Å²) in [4.78, 5) is 34.9. The fraction of sp³-hybridized carbons (Fsp3) is 0.304. The third kappa shape index (κ3) is 6.94. The van der Waals surface area contributed by atoms with E-state index >= 15 is 0 Å². The van der Waals surface area contributed by atoms with Crippen LogP contribution in [0.3, 0.4) is 0 Å². The molecular weight excluding hydrogens is 424 g/mol. The smallest absolute Gasteiger partial charge is 0.248 e. The molecule has 0 spiro atoms. The van der Waals surface area contributed by atoms with Crippen molar-refractivity contribution >= 4 is 28.3 Å². The molecule has 1 unspecified atom stereocenters. The first-order valence-electron chi connectivity index (χ1n) is 10.5. The van der Waals surface area contributed by atoms with Crippen molar-refractivity contribution in [1.82, 2.24) is 15.3 Å². The fourth-order valence-electron chi connectivity index (χ4n) is 3.14. The van der Waals surface area contributed by atoms with Gasteiger partial charge in [0.1, 0.15) is 6.04 Å². The van der Waals surface area contributed by atoms with Gasteiger partial charge in [-0.3, -0.25) is 14.6 Å². The zero-order valence-corrected chi connectivity index (χ0v) is 18.6. The summed E-state index contributed by atoms with van der Waals surface area (Å²) in [6, 6.07) is 12.1. The number of anilines is 1. The number of amides is 2. The second kappa shape index (κ2) is 12.0. The number of pyridine rings is 1.